The molecule has 0 aliphatic rings. The zero-order valence-electron chi connectivity index (χ0n) is 91.5. The SMILES string of the molecule is CO[n+]1c(C)cccc1C.CO[n+]1c(C)cccc1C.CO[n+]1c(C)cccc1C.CO[n+]1c(C)cccc1C.CO[n+]1c(C)cccc1C.CO[n+]1c(C)cccc1C.CO[n+]1c(C)cccc1C.CO[n+]1c(C)cccc1C.CO[n+]1c(C)cccc1C.CO[n+]1c(C)cccc1C.CO[n+]1c(C)cccc1C.CO[n+]1c(C)cccc1C.Cl.Cl.Cl.Cl.Cl.Cl.[O]=[Sb]([O-])[O-].[O]=[Sb]([O-])[O-].[O]=[Sb]([O-])[O-].[O]=[Sb]([O-])[O-].[O]=[Sb]([O-])[O-].[O]=[Sb]([O-])[O-]. The molecular formula is C96H150Cl6N12O30Sb6. The summed E-state index contributed by atoms with van der Waals surface area (Å²) in [5, 5.41) is 0. The number of rotatable bonds is 12. The Bertz CT molecular complexity index is 4340. The molecule has 0 aliphatic heterocycles. The van der Waals surface area contributed by atoms with E-state index in [1.807, 2.05) is 385 Å². The third kappa shape index (κ3) is 80.2. The molecule has 0 unspecified atom stereocenters. The topological polar surface area (TPSA) is 536 Å². The fraction of sp³-hybridized carbons (Fsp3) is 0.375. The quantitative estimate of drug-likeness (QED) is 0.0810. The molecular weight excluding hydrogens is 2740 g/mol. The fourth-order valence-electron chi connectivity index (χ4n) is 12.3. The van der Waals surface area contributed by atoms with Gasteiger partial charge in [-0.3, -0.25) is 58.1 Å². The zero-order chi connectivity index (χ0) is 112. The first-order chi connectivity index (χ1) is 67.4. The summed E-state index contributed by atoms with van der Waals surface area (Å²) in [6.45, 7) is 48.2. The Morgan fingerprint density at radius 2 is 0.160 bits per heavy atom. The summed E-state index contributed by atoms with van der Waals surface area (Å²) < 4.78 is 176. The number of aromatic nitrogens is 12. The molecule has 0 saturated carbocycles. The summed E-state index contributed by atoms with van der Waals surface area (Å²) in [7, 11) is 20.0. The van der Waals surface area contributed by atoms with Gasteiger partial charge in [0.25, 0.3) is 0 Å². The van der Waals surface area contributed by atoms with Crippen LogP contribution in [0.15, 0.2) is 218 Å². The molecule has 54 heteroatoms. The molecule has 12 aromatic heterocycles. The molecule has 6 radical (unpaired) electrons. The Morgan fingerprint density at radius 1 is 0.127 bits per heavy atom. The van der Waals surface area contributed by atoms with Gasteiger partial charge in [0.1, 0.15) is 85.3 Å². The summed E-state index contributed by atoms with van der Waals surface area (Å²) in [6, 6.07) is 72.4. The van der Waals surface area contributed by atoms with Crippen LogP contribution in [0.5, 0.6) is 0 Å². The zero-order valence-corrected chi connectivity index (χ0v) is 112. The molecule has 12 heterocycles. The van der Waals surface area contributed by atoms with Crippen LogP contribution in [-0.2, 0) is 18.1 Å². The van der Waals surface area contributed by atoms with Gasteiger partial charge in [-0.25, -0.2) is 0 Å². The van der Waals surface area contributed by atoms with Gasteiger partial charge in [0.05, 0.1) is 0 Å². The van der Waals surface area contributed by atoms with Crippen LogP contribution in [0.3, 0.4) is 0 Å². The second-order valence-corrected chi connectivity index (χ2v) is 36.4. The van der Waals surface area contributed by atoms with Crippen molar-refractivity contribution in [2.75, 3.05) is 85.3 Å². The maximum atomic E-state index is 8.60. The number of halogens is 6. The Balaban J connectivity index is -0.000000135. The predicted octanol–water partition coefficient (Wildman–Crippen LogP) is -6.94. The van der Waals surface area contributed by atoms with E-state index in [0.717, 1.165) is 137 Å². The van der Waals surface area contributed by atoms with E-state index in [-0.39, 0.29) is 74.4 Å². The summed E-state index contributed by atoms with van der Waals surface area (Å²) in [5.74, 6) is 0. The number of nitrogens with zero attached hydrogens (tertiary/aromatic N) is 12. The van der Waals surface area contributed by atoms with Crippen LogP contribution in [0.25, 0.3) is 0 Å². The molecule has 12 rings (SSSR count). The molecule has 0 N–H and O–H groups in total. The van der Waals surface area contributed by atoms with Crippen LogP contribution in [-0.4, -0.2) is 212 Å². The van der Waals surface area contributed by atoms with E-state index in [9.17, 15) is 0 Å². The first kappa shape index (κ1) is 167. The second-order valence-electron chi connectivity index (χ2n) is 28.8. The summed E-state index contributed by atoms with van der Waals surface area (Å²) in [4.78, 5) is 61.1. The van der Waals surface area contributed by atoms with Crippen molar-refractivity contribution in [1.82, 2.24) is 0 Å². The molecule has 846 valence electrons. The summed E-state index contributed by atoms with van der Waals surface area (Å²) >= 11 is -25.2. The first-order valence-electron chi connectivity index (χ1n) is 42.7. The predicted molar refractivity (Wildman–Crippen MR) is 546 cm³/mol. The van der Waals surface area contributed by atoms with Crippen LogP contribution in [0.1, 0.15) is 137 Å². The molecule has 150 heavy (non-hydrogen) atoms. The molecule has 0 spiro atoms. The van der Waals surface area contributed by atoms with Crippen LogP contribution in [0.4, 0.5) is 0 Å². The molecule has 0 bridgehead atoms. The molecule has 0 aromatic carbocycles. The average Bonchev–Trinajstić information content (AvgIpc) is 0.965. The van der Waals surface area contributed by atoms with Gasteiger partial charge in [-0.15, -0.1) is 74.4 Å². The van der Waals surface area contributed by atoms with Gasteiger partial charge < -0.3 is 0 Å². The van der Waals surface area contributed by atoms with Gasteiger partial charge in [0.2, 0.25) is 137 Å². The van der Waals surface area contributed by atoms with Gasteiger partial charge in [0, 0.05) is 369 Å². The van der Waals surface area contributed by atoms with Crippen molar-refractivity contribution < 1.29 is 174 Å². The Morgan fingerprint density at radius 3 is 0.180 bits per heavy atom. The number of pyridine rings is 12. The standard InChI is InChI=1S/12C8H12NO.6ClH.18O.6Sb/c12*1-7-5-4-6-8(2)9(7)10-3;;;;;;;;;;;;;;;;;;;;;;;;;;;;;;/h12*4-6H,1-3H3;6*1H;;;;;;;;;;;;;;;;;;;;;;;;/q12*+1;;;;;;;;;;;;;12*-1;;;;;;. The van der Waals surface area contributed by atoms with Crippen molar-refractivity contribution in [3.63, 3.8) is 0 Å². The Labute approximate surface area is 970 Å². The van der Waals surface area contributed by atoms with Crippen LogP contribution in [0.2, 0.25) is 0 Å². The van der Waals surface area contributed by atoms with Crippen molar-refractivity contribution in [2.24, 2.45) is 0 Å². The molecule has 0 aliphatic carbocycles. The van der Waals surface area contributed by atoms with Gasteiger partial charge in [-0.1, -0.05) is 0 Å². The third-order valence-corrected chi connectivity index (χ3v) is 18.0. The van der Waals surface area contributed by atoms with E-state index in [1.165, 1.54) is 0 Å². The van der Waals surface area contributed by atoms with E-state index >= 15 is 0 Å². The van der Waals surface area contributed by atoms with Crippen molar-refractivity contribution in [2.45, 2.75) is 166 Å². The van der Waals surface area contributed by atoms with Crippen LogP contribution in [0, 0.1) is 166 Å². The van der Waals surface area contributed by atoms with Crippen molar-refractivity contribution in [3.8, 4) is 0 Å². The van der Waals surface area contributed by atoms with Crippen LogP contribution < -0.4 is 155 Å². The number of aryl methyl sites for hydroxylation is 24. The van der Waals surface area contributed by atoms with Gasteiger partial charge in [0.15, 0.2) is 0 Å². The summed E-state index contributed by atoms with van der Waals surface area (Å²) in [5.41, 5.74) is 26.7. The van der Waals surface area contributed by atoms with Crippen molar-refractivity contribution in [1.29, 1.82) is 0 Å². The second kappa shape index (κ2) is 101. The molecule has 0 amide bonds. The van der Waals surface area contributed by atoms with E-state index in [2.05, 4.69) is 0 Å². The van der Waals surface area contributed by atoms with Crippen LogP contribution >= 0.6 is 74.4 Å². The first-order valence-corrected chi connectivity index (χ1v) is 61.4. The minimum atomic E-state index is -4.20. The van der Waals surface area contributed by atoms with Gasteiger partial charge >= 0.3 is 185 Å². The Kier molecular flexibility index (Phi) is 112. The van der Waals surface area contributed by atoms with Crippen molar-refractivity contribution in [3.05, 3.63) is 355 Å². The van der Waals surface area contributed by atoms with E-state index in [1.54, 1.807) is 142 Å². The van der Waals surface area contributed by atoms with E-state index in [0.29, 0.717) is 0 Å². The minimum absolute atomic E-state index is 0. The molecule has 0 saturated heterocycles. The van der Waals surface area contributed by atoms with Gasteiger partial charge in [-0.05, 0) is 72.8 Å². The number of hydrogen-bond donors (Lipinski definition) is 0. The third-order valence-electron chi connectivity index (χ3n) is 18.0. The summed E-state index contributed by atoms with van der Waals surface area (Å²) in [6.07, 6.45) is 0. The van der Waals surface area contributed by atoms with Crippen molar-refractivity contribution >= 4 is 201 Å². The molecule has 0 atom stereocenters. The Hall–Kier alpha value is -7.63. The number of hydrogen-bond acceptors (Lipinski definition) is 30. The molecule has 0 fully saturated rings. The normalized spacial score (nSPS) is 8.64. The molecule has 42 nitrogen and oxygen atoms in total. The van der Waals surface area contributed by atoms with E-state index in [4.69, 9.17) is 117 Å². The van der Waals surface area contributed by atoms with Gasteiger partial charge in [-0.2, -0.15) is 0 Å². The maximum absolute atomic E-state index is 8.60. The monoisotopic (exact) mass is 2890 g/mol. The molecule has 12 aromatic rings. The average molecular weight is 2900 g/mol. The van der Waals surface area contributed by atoms with E-state index < -0.39 is 126 Å². The fourth-order valence-corrected chi connectivity index (χ4v) is 12.3.